The number of fused-ring (bicyclic) bond motifs is 9. The smallest absolute Gasteiger partial charge is 0.0602 e. The van der Waals surface area contributed by atoms with Gasteiger partial charge in [0.1, 0.15) is 0 Å². The second kappa shape index (κ2) is 23.0. The predicted octanol–water partition coefficient (Wildman–Crippen LogP) is 18.7. The molecule has 0 bridgehead atoms. The van der Waals surface area contributed by atoms with E-state index >= 15 is 0 Å². The second-order valence-corrected chi connectivity index (χ2v) is 20.7. The Morgan fingerprint density at radius 1 is 0.429 bits per heavy atom. The van der Waals surface area contributed by atoms with Crippen molar-refractivity contribution in [2.45, 2.75) is 46.5 Å². The standard InChI is InChI=1S/C36H22N2S.C21H23N2.C12H10N.2Ir/c1-5-13-31-25(9-1)26-10-2-6-14-32(26)37(31)23-17-19-35-29(21-23)30-22-24(18-20-36(30)39-35)38-33-15-7-3-11-27(33)28-12-4-8-16-34(28)38;1-15(2)18-11-8-12-19(16(3)4)20(18)23-14-13-22-21(23)17-9-6-5-7-10-17;1-10-6-5-9-13-12(10)11-7-3-2-4-8-11;;/h1-22H;5-9,11-16H,1-4H3;2-7,9H,1H3;;/q;2*-1;;. The van der Waals surface area contributed by atoms with E-state index in [4.69, 9.17) is 0 Å². The first-order chi connectivity index (χ1) is 36.8. The summed E-state index contributed by atoms with van der Waals surface area (Å²) in [5.41, 5.74) is 15.6. The number of para-hydroxylation sites is 5. The summed E-state index contributed by atoms with van der Waals surface area (Å²) < 4.78 is 9.66. The maximum Gasteiger partial charge on any atom is 0.0602 e. The summed E-state index contributed by atoms with van der Waals surface area (Å²) in [5, 5.41) is 7.76. The van der Waals surface area contributed by atoms with Crippen LogP contribution in [0.2, 0.25) is 0 Å². The molecular weight excluding hydrogens is 1320 g/mol. The minimum Gasteiger partial charge on any atom is -0.340 e. The van der Waals surface area contributed by atoms with Crippen molar-refractivity contribution >= 4 is 75.1 Å². The minimum absolute atomic E-state index is 0. The number of thiophene rings is 1. The monoisotopic (exact) mass is 1370 g/mol. The zero-order chi connectivity index (χ0) is 51.0. The van der Waals surface area contributed by atoms with Gasteiger partial charge >= 0.3 is 0 Å². The molecule has 8 heteroatoms. The zero-order valence-corrected chi connectivity index (χ0v) is 49.0. The molecule has 5 nitrogen and oxygen atoms in total. The number of nitrogens with zero attached hydrogens (tertiary/aromatic N) is 5. The van der Waals surface area contributed by atoms with Crippen LogP contribution in [0.5, 0.6) is 0 Å². The average molecular weight is 1370 g/mol. The maximum atomic E-state index is 4.60. The number of benzene rings is 9. The molecule has 77 heavy (non-hydrogen) atoms. The van der Waals surface area contributed by atoms with Crippen LogP contribution < -0.4 is 0 Å². The molecule has 0 aliphatic rings. The summed E-state index contributed by atoms with van der Waals surface area (Å²) in [7, 11) is 0. The molecule has 0 N–H and O–H groups in total. The van der Waals surface area contributed by atoms with Crippen molar-refractivity contribution in [2.24, 2.45) is 0 Å². The van der Waals surface area contributed by atoms with Gasteiger partial charge < -0.3 is 18.7 Å². The second-order valence-electron chi connectivity index (χ2n) is 19.6. The molecule has 382 valence electrons. The van der Waals surface area contributed by atoms with Gasteiger partial charge in [0.2, 0.25) is 0 Å². The summed E-state index contributed by atoms with van der Waals surface area (Å²) in [6, 6.07) is 81.7. The van der Waals surface area contributed by atoms with Crippen LogP contribution in [0, 0.1) is 19.1 Å². The molecular formula is C69H55Ir2N5S-2. The first-order valence-corrected chi connectivity index (χ1v) is 26.6. The molecule has 0 fully saturated rings. The van der Waals surface area contributed by atoms with Gasteiger partial charge in [0.15, 0.2) is 0 Å². The fourth-order valence-electron chi connectivity index (χ4n) is 10.7. The van der Waals surface area contributed by atoms with Gasteiger partial charge in [-0.3, -0.25) is 4.98 Å². The van der Waals surface area contributed by atoms with E-state index in [2.05, 4.69) is 240 Å². The van der Waals surface area contributed by atoms with Gasteiger partial charge in [-0.1, -0.05) is 130 Å². The van der Waals surface area contributed by atoms with E-state index in [-0.39, 0.29) is 40.2 Å². The molecule has 0 unspecified atom stereocenters. The van der Waals surface area contributed by atoms with E-state index in [1.165, 1.54) is 97.5 Å². The molecule has 0 aliphatic heterocycles. The Morgan fingerprint density at radius 2 is 0.883 bits per heavy atom. The topological polar surface area (TPSA) is 40.6 Å². The Hall–Kier alpha value is -7.54. The van der Waals surface area contributed by atoms with Crippen LogP contribution in [0.15, 0.2) is 231 Å². The normalized spacial score (nSPS) is 11.2. The number of imidazole rings is 1. The van der Waals surface area contributed by atoms with Gasteiger partial charge in [-0.25, -0.2) is 0 Å². The Bertz CT molecular complexity index is 4040. The summed E-state index contributed by atoms with van der Waals surface area (Å²) in [5.74, 6) is 1.86. The Kier molecular flexibility index (Phi) is 15.8. The number of rotatable bonds is 7. The van der Waals surface area contributed by atoms with Crippen LogP contribution in [-0.4, -0.2) is 23.7 Å². The van der Waals surface area contributed by atoms with Crippen LogP contribution in [-0.2, 0) is 40.2 Å². The van der Waals surface area contributed by atoms with Crippen molar-refractivity contribution in [3.05, 3.63) is 260 Å². The summed E-state index contributed by atoms with van der Waals surface area (Å²) >= 11 is 1.87. The van der Waals surface area contributed by atoms with E-state index in [1.807, 2.05) is 72.3 Å². The van der Waals surface area contributed by atoms with Crippen molar-refractivity contribution in [2.75, 3.05) is 0 Å². The number of aromatic nitrogens is 5. The van der Waals surface area contributed by atoms with Crippen LogP contribution in [0.4, 0.5) is 0 Å². The van der Waals surface area contributed by atoms with Crippen molar-refractivity contribution in [1.29, 1.82) is 0 Å². The van der Waals surface area contributed by atoms with Crippen LogP contribution >= 0.6 is 11.3 Å². The van der Waals surface area contributed by atoms with Crippen LogP contribution in [0.1, 0.15) is 56.2 Å². The fourth-order valence-corrected chi connectivity index (χ4v) is 11.8. The minimum atomic E-state index is 0. The van der Waals surface area contributed by atoms with Crippen LogP contribution in [0.3, 0.4) is 0 Å². The van der Waals surface area contributed by atoms with E-state index in [1.54, 1.807) is 0 Å². The van der Waals surface area contributed by atoms with Gasteiger partial charge in [0.05, 0.1) is 27.9 Å². The molecule has 14 rings (SSSR count). The molecule has 2 radical (unpaired) electrons. The third-order valence-electron chi connectivity index (χ3n) is 14.3. The van der Waals surface area contributed by atoms with Gasteiger partial charge in [0.25, 0.3) is 0 Å². The number of hydrogen-bond donors (Lipinski definition) is 0. The van der Waals surface area contributed by atoms with Crippen molar-refractivity contribution in [3.63, 3.8) is 0 Å². The molecule has 0 amide bonds. The Morgan fingerprint density at radius 3 is 1.32 bits per heavy atom. The average Bonchev–Trinajstić information content (AvgIpc) is 4.44. The molecule has 0 saturated carbocycles. The molecule has 9 aromatic carbocycles. The molecule has 0 spiro atoms. The molecule has 0 saturated heterocycles. The van der Waals surface area contributed by atoms with E-state index in [0.29, 0.717) is 11.8 Å². The zero-order valence-electron chi connectivity index (χ0n) is 43.4. The van der Waals surface area contributed by atoms with Crippen molar-refractivity contribution in [1.82, 2.24) is 23.7 Å². The Balaban J connectivity index is 0.000000150. The van der Waals surface area contributed by atoms with Gasteiger partial charge in [0, 0.05) is 118 Å². The summed E-state index contributed by atoms with van der Waals surface area (Å²) in [6.45, 7) is 11.0. The van der Waals surface area contributed by atoms with E-state index < -0.39 is 0 Å². The molecule has 0 atom stereocenters. The number of aryl methyl sites for hydroxylation is 1. The quantitative estimate of drug-likeness (QED) is 0.149. The number of hydrogen-bond acceptors (Lipinski definition) is 3. The third kappa shape index (κ3) is 10.0. The maximum absolute atomic E-state index is 4.60. The van der Waals surface area contributed by atoms with Gasteiger partial charge in [-0.15, -0.1) is 83.1 Å². The SMILES string of the molecule is CC(C)c1cccc(C(C)C)c1-n1ccnc1-c1[c-]cccc1.Cc1cccnc1-c1[c-]cccc1.[Ir].[Ir].c1ccc2c(c1)c1ccccc1n2-c1ccc2sc3ccc(-n4c5ccccc5c5ccccc54)cc3c2c1. The summed E-state index contributed by atoms with van der Waals surface area (Å²) in [6.07, 6.45) is 5.74. The van der Waals surface area contributed by atoms with Crippen molar-refractivity contribution < 1.29 is 40.2 Å². The predicted molar refractivity (Wildman–Crippen MR) is 317 cm³/mol. The van der Waals surface area contributed by atoms with Crippen molar-refractivity contribution in [3.8, 4) is 39.7 Å². The first kappa shape index (κ1) is 52.9. The van der Waals surface area contributed by atoms with E-state index in [0.717, 1.165) is 22.6 Å². The number of pyridine rings is 1. The largest absolute Gasteiger partial charge is 0.340 e. The molecule has 14 aromatic rings. The first-order valence-electron chi connectivity index (χ1n) is 25.8. The third-order valence-corrected chi connectivity index (χ3v) is 15.4. The Labute approximate surface area is 481 Å². The molecule has 5 heterocycles. The molecule has 0 aliphatic carbocycles. The molecule has 5 aromatic heterocycles. The van der Waals surface area contributed by atoms with Crippen LogP contribution in [0.25, 0.3) is 103 Å². The summed E-state index contributed by atoms with van der Waals surface area (Å²) in [4.78, 5) is 8.91. The van der Waals surface area contributed by atoms with Gasteiger partial charge in [-0.2, -0.15) is 0 Å². The van der Waals surface area contributed by atoms with E-state index in [9.17, 15) is 0 Å². The fraction of sp³-hybridized carbons (Fsp3) is 0.101. The van der Waals surface area contributed by atoms with Gasteiger partial charge in [-0.05, 0) is 102 Å².